The van der Waals surface area contributed by atoms with Gasteiger partial charge in [0.25, 0.3) is 5.91 Å². The van der Waals surface area contributed by atoms with Gasteiger partial charge in [0, 0.05) is 37.5 Å². The van der Waals surface area contributed by atoms with Crippen molar-refractivity contribution >= 4 is 52.0 Å². The number of hydrogen-bond acceptors (Lipinski definition) is 5. The predicted octanol–water partition coefficient (Wildman–Crippen LogP) is 3.46. The van der Waals surface area contributed by atoms with E-state index < -0.39 is 17.6 Å². The number of carboxylic acid groups (broad SMARTS) is 1. The number of ketones is 1. The van der Waals surface area contributed by atoms with Gasteiger partial charge >= 0.3 is 5.97 Å². The van der Waals surface area contributed by atoms with Gasteiger partial charge in [-0.15, -0.1) is 0 Å². The Morgan fingerprint density at radius 2 is 2.03 bits per heavy atom. The number of rotatable bonds is 7. The number of carbonyl (C=O) groups is 3. The van der Waals surface area contributed by atoms with Crippen LogP contribution in [-0.2, 0) is 16.6 Å². The molecule has 9 heteroatoms. The molecule has 0 atom stereocenters. The largest absolute Gasteiger partial charge is 0.481 e. The van der Waals surface area contributed by atoms with Gasteiger partial charge < -0.3 is 9.67 Å². The van der Waals surface area contributed by atoms with Crippen LogP contribution in [0.1, 0.15) is 34.5 Å². The van der Waals surface area contributed by atoms with Crippen molar-refractivity contribution in [1.82, 2.24) is 9.47 Å². The Bertz CT molecular complexity index is 1040. The first kappa shape index (κ1) is 20.9. The van der Waals surface area contributed by atoms with Crippen LogP contribution in [0.3, 0.4) is 0 Å². The lowest BCUT2D eigenvalue weighted by atomic mass is 10.1. The van der Waals surface area contributed by atoms with Gasteiger partial charge in [-0.05, 0) is 30.7 Å². The molecule has 1 N–H and O–H groups in total. The summed E-state index contributed by atoms with van der Waals surface area (Å²) in [5.41, 5.74) is 0.880. The van der Waals surface area contributed by atoms with Crippen LogP contribution >= 0.6 is 24.0 Å². The van der Waals surface area contributed by atoms with Crippen LogP contribution in [0, 0.1) is 5.82 Å². The molecule has 1 aromatic heterocycles. The van der Waals surface area contributed by atoms with E-state index in [9.17, 15) is 18.8 Å². The molecule has 1 aliphatic rings. The van der Waals surface area contributed by atoms with Crippen molar-refractivity contribution in [3.63, 3.8) is 0 Å². The quantitative estimate of drug-likeness (QED) is 0.410. The van der Waals surface area contributed by atoms with E-state index >= 15 is 0 Å². The highest BCUT2D eigenvalue weighted by atomic mass is 32.2. The maximum atomic E-state index is 13.9. The summed E-state index contributed by atoms with van der Waals surface area (Å²) in [7, 11) is 1.72. The minimum absolute atomic E-state index is 0.0191. The number of carboxylic acids is 1. The third kappa shape index (κ3) is 4.63. The van der Waals surface area contributed by atoms with Gasteiger partial charge in [-0.3, -0.25) is 19.3 Å². The standard InChI is InChI=1S/C20H17FN2O4S2/c1-22-11-12(18(26)14-5-2-3-6-15(14)21)9-13(22)10-16-19(27)23(20(28)29-16)8-4-7-17(24)25/h2-3,5-6,9-11H,4,7-8H2,1H3,(H,24,25)/b16-10+. The van der Waals surface area contributed by atoms with E-state index in [1.807, 2.05) is 0 Å². The second-order valence-corrected chi connectivity index (χ2v) is 8.08. The Kier molecular flexibility index (Phi) is 6.29. The number of aryl methyl sites for hydroxylation is 1. The zero-order valence-corrected chi connectivity index (χ0v) is 17.1. The second-order valence-electron chi connectivity index (χ2n) is 6.40. The number of halogens is 1. The Morgan fingerprint density at radius 3 is 2.72 bits per heavy atom. The number of hydrogen-bond donors (Lipinski definition) is 1. The van der Waals surface area contributed by atoms with Crippen molar-refractivity contribution in [3.05, 3.63) is 64.1 Å². The minimum atomic E-state index is -0.929. The molecule has 0 spiro atoms. The number of amides is 1. The monoisotopic (exact) mass is 432 g/mol. The van der Waals surface area contributed by atoms with Gasteiger partial charge in [0.15, 0.2) is 5.78 Å². The van der Waals surface area contributed by atoms with E-state index in [2.05, 4.69) is 0 Å². The lowest BCUT2D eigenvalue weighted by molar-refractivity contribution is -0.137. The van der Waals surface area contributed by atoms with Gasteiger partial charge in [-0.1, -0.05) is 36.1 Å². The van der Waals surface area contributed by atoms with E-state index in [-0.39, 0.29) is 24.4 Å². The van der Waals surface area contributed by atoms with Crippen LogP contribution in [0.5, 0.6) is 0 Å². The fraction of sp³-hybridized carbons (Fsp3) is 0.200. The lowest BCUT2D eigenvalue weighted by Crippen LogP contribution is -2.29. The lowest BCUT2D eigenvalue weighted by Gasteiger charge is -2.13. The van der Waals surface area contributed by atoms with Gasteiger partial charge in [-0.25, -0.2) is 4.39 Å². The first-order valence-electron chi connectivity index (χ1n) is 8.70. The molecule has 1 amide bonds. The fourth-order valence-corrected chi connectivity index (χ4v) is 4.16. The van der Waals surface area contributed by atoms with E-state index in [4.69, 9.17) is 17.3 Å². The number of carbonyl (C=O) groups excluding carboxylic acids is 2. The zero-order valence-electron chi connectivity index (χ0n) is 15.4. The maximum absolute atomic E-state index is 13.9. The van der Waals surface area contributed by atoms with Crippen molar-refractivity contribution in [1.29, 1.82) is 0 Å². The summed E-state index contributed by atoms with van der Waals surface area (Å²) in [4.78, 5) is 37.6. The number of aliphatic carboxylic acids is 1. The molecule has 2 heterocycles. The van der Waals surface area contributed by atoms with E-state index in [0.717, 1.165) is 11.8 Å². The summed E-state index contributed by atoms with van der Waals surface area (Å²) in [5.74, 6) is -2.26. The van der Waals surface area contributed by atoms with Crippen LogP contribution in [0.4, 0.5) is 4.39 Å². The average Bonchev–Trinajstić information content (AvgIpc) is 3.16. The number of thioether (sulfide) groups is 1. The molecular weight excluding hydrogens is 415 g/mol. The summed E-state index contributed by atoms with van der Waals surface area (Å²) in [6.07, 6.45) is 3.46. The average molecular weight is 432 g/mol. The fourth-order valence-electron chi connectivity index (χ4n) is 2.87. The van der Waals surface area contributed by atoms with Crippen molar-refractivity contribution < 1.29 is 23.9 Å². The van der Waals surface area contributed by atoms with Crippen LogP contribution in [0.25, 0.3) is 6.08 Å². The molecule has 0 radical (unpaired) electrons. The third-order valence-corrected chi connectivity index (χ3v) is 5.73. The van der Waals surface area contributed by atoms with E-state index in [0.29, 0.717) is 26.9 Å². The summed E-state index contributed by atoms with van der Waals surface area (Å²) >= 11 is 6.35. The first-order chi connectivity index (χ1) is 13.8. The molecule has 150 valence electrons. The molecule has 0 saturated carbocycles. The van der Waals surface area contributed by atoms with Crippen LogP contribution in [-0.4, -0.2) is 43.1 Å². The molecule has 1 fully saturated rings. The molecule has 2 aromatic rings. The molecule has 1 aliphatic heterocycles. The number of thiocarbonyl (C=S) groups is 1. The van der Waals surface area contributed by atoms with Crippen molar-refractivity contribution in [2.24, 2.45) is 7.05 Å². The van der Waals surface area contributed by atoms with Gasteiger partial charge in [-0.2, -0.15) is 0 Å². The molecule has 6 nitrogen and oxygen atoms in total. The maximum Gasteiger partial charge on any atom is 0.303 e. The van der Waals surface area contributed by atoms with Gasteiger partial charge in [0.2, 0.25) is 0 Å². The highest BCUT2D eigenvalue weighted by Gasteiger charge is 2.32. The summed E-state index contributed by atoms with van der Waals surface area (Å²) in [5, 5.41) is 8.74. The van der Waals surface area contributed by atoms with Gasteiger partial charge in [0.05, 0.1) is 10.5 Å². The predicted molar refractivity (Wildman–Crippen MR) is 112 cm³/mol. The summed E-state index contributed by atoms with van der Waals surface area (Å²) in [6, 6.07) is 7.35. The molecule has 0 unspecified atom stereocenters. The molecular formula is C20H17FN2O4S2. The second kappa shape index (κ2) is 8.71. The molecule has 0 aliphatic carbocycles. The highest BCUT2D eigenvalue weighted by molar-refractivity contribution is 8.26. The third-order valence-electron chi connectivity index (χ3n) is 4.35. The normalized spacial score (nSPS) is 15.4. The Hall–Kier alpha value is -2.78. The topological polar surface area (TPSA) is 79.6 Å². The number of aromatic nitrogens is 1. The van der Waals surface area contributed by atoms with E-state index in [1.54, 1.807) is 36.0 Å². The SMILES string of the molecule is Cn1cc(C(=O)c2ccccc2F)cc1/C=C1/SC(=S)N(CCCC(=O)O)C1=O. The molecule has 3 rings (SSSR count). The van der Waals surface area contributed by atoms with Crippen LogP contribution in [0.2, 0.25) is 0 Å². The molecule has 1 aromatic carbocycles. The Balaban J connectivity index is 1.80. The minimum Gasteiger partial charge on any atom is -0.481 e. The smallest absolute Gasteiger partial charge is 0.303 e. The first-order valence-corrected chi connectivity index (χ1v) is 9.93. The van der Waals surface area contributed by atoms with Crippen molar-refractivity contribution in [3.8, 4) is 0 Å². The number of nitrogens with zero attached hydrogens (tertiary/aromatic N) is 2. The molecule has 0 bridgehead atoms. The number of benzene rings is 1. The van der Waals surface area contributed by atoms with Crippen molar-refractivity contribution in [2.45, 2.75) is 12.8 Å². The van der Waals surface area contributed by atoms with Gasteiger partial charge in [0.1, 0.15) is 10.1 Å². The van der Waals surface area contributed by atoms with Crippen LogP contribution < -0.4 is 0 Å². The molecule has 29 heavy (non-hydrogen) atoms. The highest BCUT2D eigenvalue weighted by Crippen LogP contribution is 2.33. The summed E-state index contributed by atoms with van der Waals surface area (Å²) < 4.78 is 15.9. The van der Waals surface area contributed by atoms with Crippen LogP contribution in [0.15, 0.2) is 41.4 Å². The van der Waals surface area contributed by atoms with E-state index in [1.165, 1.54) is 23.1 Å². The Morgan fingerprint density at radius 1 is 1.31 bits per heavy atom. The summed E-state index contributed by atoms with van der Waals surface area (Å²) in [6.45, 7) is 0.235. The molecule has 1 saturated heterocycles. The zero-order chi connectivity index (χ0) is 21.1. The van der Waals surface area contributed by atoms with Crippen molar-refractivity contribution in [2.75, 3.05) is 6.54 Å². The Labute approximate surface area is 176 Å².